The molecule has 0 radical (unpaired) electrons. The number of ether oxygens (including phenoxy) is 1. The first-order chi connectivity index (χ1) is 13.9. The summed E-state index contributed by atoms with van der Waals surface area (Å²) in [6.07, 6.45) is 7.75. The van der Waals surface area contributed by atoms with Crippen LogP contribution in [0.25, 0.3) is 0 Å². The number of aromatic nitrogens is 1. The van der Waals surface area contributed by atoms with Crippen molar-refractivity contribution in [1.29, 1.82) is 0 Å². The normalized spacial score (nSPS) is 11.3. The van der Waals surface area contributed by atoms with Crippen molar-refractivity contribution in [1.82, 2.24) is 4.98 Å². The highest BCUT2D eigenvalue weighted by molar-refractivity contribution is 5.89. The quantitative estimate of drug-likeness (QED) is 0.495. The highest BCUT2D eigenvalue weighted by atomic mass is 16.6. The molecule has 2 aromatic carbocycles. The Morgan fingerprint density at radius 3 is 2.07 bits per heavy atom. The maximum absolute atomic E-state index is 12.2. The highest BCUT2D eigenvalue weighted by Gasteiger charge is 2.17. The second kappa shape index (κ2) is 9.51. The molecule has 0 saturated carbocycles. The minimum atomic E-state index is -0.480. The van der Waals surface area contributed by atoms with Gasteiger partial charge in [0.15, 0.2) is 0 Å². The molecule has 0 aliphatic heterocycles. The molecule has 1 heterocycles. The fourth-order valence-corrected chi connectivity index (χ4v) is 3.27. The van der Waals surface area contributed by atoms with Gasteiger partial charge in [-0.15, -0.1) is 0 Å². The molecule has 3 aromatic rings. The molecule has 29 heavy (non-hydrogen) atoms. The molecular formula is C26H29NO2. The molecule has 0 aliphatic carbocycles. The summed E-state index contributed by atoms with van der Waals surface area (Å²) in [6, 6.07) is 20.4. The molecule has 3 rings (SSSR count). The van der Waals surface area contributed by atoms with Gasteiger partial charge >= 0.3 is 5.97 Å². The number of carbonyl (C=O) groups is 1. The molecular weight excluding hydrogens is 358 g/mol. The summed E-state index contributed by atoms with van der Waals surface area (Å²) in [5.74, 6) is -0.278. The van der Waals surface area contributed by atoms with Gasteiger partial charge in [0.1, 0.15) is 5.60 Å². The van der Waals surface area contributed by atoms with E-state index in [1.165, 1.54) is 22.3 Å². The van der Waals surface area contributed by atoms with Crippen LogP contribution < -0.4 is 0 Å². The third-order valence-electron chi connectivity index (χ3n) is 4.80. The van der Waals surface area contributed by atoms with E-state index in [9.17, 15) is 4.79 Å². The van der Waals surface area contributed by atoms with Gasteiger partial charge in [0.2, 0.25) is 0 Å². The Balaban J connectivity index is 1.59. The van der Waals surface area contributed by atoms with E-state index in [1.54, 1.807) is 0 Å². The fraction of sp³-hybridized carbons (Fsp3) is 0.308. The summed E-state index contributed by atoms with van der Waals surface area (Å²) in [5.41, 5.74) is 5.32. The number of aryl methyl sites for hydroxylation is 4. The molecule has 0 amide bonds. The summed E-state index contributed by atoms with van der Waals surface area (Å²) in [4.78, 5) is 16.5. The van der Waals surface area contributed by atoms with Gasteiger partial charge in [-0.3, -0.25) is 4.98 Å². The van der Waals surface area contributed by atoms with E-state index in [0.29, 0.717) is 5.56 Å². The van der Waals surface area contributed by atoms with Crippen LogP contribution in [-0.2, 0) is 30.4 Å². The molecule has 0 bridgehead atoms. The molecule has 3 heteroatoms. The molecule has 0 N–H and O–H groups in total. The van der Waals surface area contributed by atoms with Gasteiger partial charge < -0.3 is 4.74 Å². The smallest absolute Gasteiger partial charge is 0.338 e. The van der Waals surface area contributed by atoms with E-state index in [0.717, 1.165) is 25.7 Å². The number of nitrogens with zero attached hydrogens (tertiary/aromatic N) is 1. The first-order valence-electron chi connectivity index (χ1n) is 10.2. The summed E-state index contributed by atoms with van der Waals surface area (Å²) in [7, 11) is 0. The monoisotopic (exact) mass is 387 g/mol. The van der Waals surface area contributed by atoms with Gasteiger partial charge in [0.05, 0.1) is 5.56 Å². The van der Waals surface area contributed by atoms with Crippen LogP contribution >= 0.6 is 0 Å². The zero-order valence-electron chi connectivity index (χ0n) is 17.5. The Kier molecular flexibility index (Phi) is 6.82. The molecule has 3 nitrogen and oxygen atoms in total. The standard InChI is InChI=1S/C26H29NO2/c1-26(2,3)29-25(28)23-14-10-21(11-15-23)12-16-24-19-27-18-17-22(24)13-9-20-7-5-4-6-8-20/h4-8,10-11,14-15,17-19H,9,12-13,16H2,1-3H3. The third kappa shape index (κ3) is 6.56. The molecule has 0 saturated heterocycles. The van der Waals surface area contributed by atoms with Crippen molar-refractivity contribution in [2.75, 3.05) is 0 Å². The molecule has 0 spiro atoms. The van der Waals surface area contributed by atoms with E-state index in [1.807, 2.05) is 57.4 Å². The van der Waals surface area contributed by atoms with E-state index < -0.39 is 5.60 Å². The summed E-state index contributed by atoms with van der Waals surface area (Å²) < 4.78 is 5.42. The lowest BCUT2D eigenvalue weighted by Gasteiger charge is -2.19. The van der Waals surface area contributed by atoms with E-state index in [-0.39, 0.29) is 5.97 Å². The van der Waals surface area contributed by atoms with Gasteiger partial charge in [-0.25, -0.2) is 4.79 Å². The average Bonchev–Trinajstić information content (AvgIpc) is 2.71. The zero-order valence-corrected chi connectivity index (χ0v) is 17.5. The van der Waals surface area contributed by atoms with Gasteiger partial charge in [0.25, 0.3) is 0 Å². The summed E-state index contributed by atoms with van der Waals surface area (Å²) in [5, 5.41) is 0. The minimum absolute atomic E-state index is 0.278. The predicted octanol–water partition coefficient (Wildman–Crippen LogP) is 5.61. The Hall–Kier alpha value is -2.94. The van der Waals surface area contributed by atoms with Crippen LogP contribution in [0.2, 0.25) is 0 Å². The minimum Gasteiger partial charge on any atom is -0.456 e. The van der Waals surface area contributed by atoms with Crippen molar-refractivity contribution in [3.63, 3.8) is 0 Å². The Morgan fingerprint density at radius 2 is 1.41 bits per heavy atom. The van der Waals surface area contributed by atoms with Crippen molar-refractivity contribution in [3.05, 3.63) is 101 Å². The predicted molar refractivity (Wildman–Crippen MR) is 117 cm³/mol. The third-order valence-corrected chi connectivity index (χ3v) is 4.80. The number of esters is 1. The number of pyridine rings is 1. The number of carbonyl (C=O) groups excluding carboxylic acids is 1. The maximum atomic E-state index is 12.2. The average molecular weight is 388 g/mol. The highest BCUT2D eigenvalue weighted by Crippen LogP contribution is 2.16. The van der Waals surface area contributed by atoms with Crippen LogP contribution in [0.15, 0.2) is 73.1 Å². The van der Waals surface area contributed by atoms with Gasteiger partial charge in [-0.2, -0.15) is 0 Å². The molecule has 0 atom stereocenters. The van der Waals surface area contributed by atoms with Gasteiger partial charge in [-0.05, 0) is 86.9 Å². The molecule has 0 unspecified atom stereocenters. The number of rotatable bonds is 7. The zero-order chi connectivity index (χ0) is 20.7. The van der Waals surface area contributed by atoms with E-state index in [4.69, 9.17) is 4.74 Å². The SMILES string of the molecule is CC(C)(C)OC(=O)c1ccc(CCc2cnccc2CCc2ccccc2)cc1. The van der Waals surface area contributed by atoms with Crippen molar-refractivity contribution < 1.29 is 9.53 Å². The first-order valence-corrected chi connectivity index (χ1v) is 10.2. The molecule has 0 aliphatic rings. The lowest BCUT2D eigenvalue weighted by Crippen LogP contribution is -2.23. The molecule has 1 aromatic heterocycles. The van der Waals surface area contributed by atoms with Crippen LogP contribution in [0, 0.1) is 0 Å². The maximum Gasteiger partial charge on any atom is 0.338 e. The van der Waals surface area contributed by atoms with E-state index in [2.05, 4.69) is 41.4 Å². The lowest BCUT2D eigenvalue weighted by atomic mass is 9.97. The van der Waals surface area contributed by atoms with Crippen molar-refractivity contribution >= 4 is 5.97 Å². The summed E-state index contributed by atoms with van der Waals surface area (Å²) >= 11 is 0. The van der Waals surface area contributed by atoms with Crippen LogP contribution in [0.4, 0.5) is 0 Å². The number of hydrogen-bond acceptors (Lipinski definition) is 3. The number of benzene rings is 2. The second-order valence-corrected chi connectivity index (χ2v) is 8.33. The Morgan fingerprint density at radius 1 is 0.793 bits per heavy atom. The number of hydrogen-bond donors (Lipinski definition) is 0. The fourth-order valence-electron chi connectivity index (χ4n) is 3.27. The van der Waals surface area contributed by atoms with Crippen molar-refractivity contribution in [3.8, 4) is 0 Å². The van der Waals surface area contributed by atoms with Crippen molar-refractivity contribution in [2.45, 2.75) is 52.1 Å². The topological polar surface area (TPSA) is 39.2 Å². The lowest BCUT2D eigenvalue weighted by molar-refractivity contribution is 0.00695. The Labute approximate surface area is 173 Å². The Bertz CT molecular complexity index is 925. The van der Waals surface area contributed by atoms with Crippen LogP contribution in [-0.4, -0.2) is 16.6 Å². The van der Waals surface area contributed by atoms with Gasteiger partial charge in [0, 0.05) is 12.4 Å². The molecule has 0 fully saturated rings. The summed E-state index contributed by atoms with van der Waals surface area (Å²) in [6.45, 7) is 5.63. The van der Waals surface area contributed by atoms with Crippen LogP contribution in [0.3, 0.4) is 0 Å². The van der Waals surface area contributed by atoms with Crippen LogP contribution in [0.5, 0.6) is 0 Å². The second-order valence-electron chi connectivity index (χ2n) is 8.33. The van der Waals surface area contributed by atoms with Crippen molar-refractivity contribution in [2.24, 2.45) is 0 Å². The first kappa shape index (κ1) is 20.8. The molecule has 150 valence electrons. The van der Waals surface area contributed by atoms with Gasteiger partial charge in [-0.1, -0.05) is 42.5 Å². The van der Waals surface area contributed by atoms with E-state index >= 15 is 0 Å². The largest absolute Gasteiger partial charge is 0.456 e. The van der Waals surface area contributed by atoms with Crippen LogP contribution in [0.1, 0.15) is 53.4 Å².